The SMILES string of the molecule is CC(C)(c1ccc(C2(N=C=O)CC2)cc1)S(C)(=O)=O. The Hall–Kier alpha value is -1.45. The first-order valence-corrected chi connectivity index (χ1v) is 8.02. The molecule has 1 aromatic carbocycles. The smallest absolute Gasteiger partial charge is 0.228 e. The van der Waals surface area contributed by atoms with Crippen molar-refractivity contribution in [2.24, 2.45) is 4.99 Å². The van der Waals surface area contributed by atoms with Gasteiger partial charge in [-0.3, -0.25) is 0 Å². The second-order valence-electron chi connectivity index (χ2n) is 5.59. The summed E-state index contributed by atoms with van der Waals surface area (Å²) in [7, 11) is -3.18. The summed E-state index contributed by atoms with van der Waals surface area (Å²) < 4.78 is 22.6. The molecule has 1 aliphatic rings. The molecule has 0 bridgehead atoms. The van der Waals surface area contributed by atoms with Gasteiger partial charge in [-0.25, -0.2) is 13.2 Å². The second kappa shape index (κ2) is 4.29. The van der Waals surface area contributed by atoms with E-state index in [-0.39, 0.29) is 0 Å². The van der Waals surface area contributed by atoms with Crippen LogP contribution in [0.25, 0.3) is 0 Å². The number of sulfone groups is 1. The zero-order valence-electron chi connectivity index (χ0n) is 11.3. The maximum Gasteiger partial charge on any atom is 0.235 e. The number of benzene rings is 1. The quantitative estimate of drug-likeness (QED) is 0.627. The van der Waals surface area contributed by atoms with E-state index in [9.17, 15) is 13.2 Å². The molecule has 102 valence electrons. The number of hydrogen-bond donors (Lipinski definition) is 0. The third kappa shape index (κ3) is 2.36. The van der Waals surface area contributed by atoms with E-state index in [1.807, 2.05) is 12.1 Å². The molecule has 5 heteroatoms. The van der Waals surface area contributed by atoms with Crippen LogP contribution in [0.15, 0.2) is 29.3 Å². The molecule has 0 saturated heterocycles. The summed E-state index contributed by atoms with van der Waals surface area (Å²) in [5, 5.41) is 0. The minimum Gasteiger partial charge on any atom is -0.228 e. The summed E-state index contributed by atoms with van der Waals surface area (Å²) in [5.74, 6) is 0. The number of aliphatic imine (C=N–C) groups is 1. The standard InChI is InChI=1S/C14H17NO3S/c1-13(2,19(3,17)18)11-4-6-12(7-5-11)14(8-9-14)15-10-16/h4-7H,8-9H2,1-3H3. The Morgan fingerprint density at radius 2 is 1.74 bits per heavy atom. The van der Waals surface area contributed by atoms with Gasteiger partial charge in [0.1, 0.15) is 0 Å². The summed E-state index contributed by atoms with van der Waals surface area (Å²) in [6.45, 7) is 3.38. The van der Waals surface area contributed by atoms with E-state index in [0.29, 0.717) is 0 Å². The number of hydrogen-bond acceptors (Lipinski definition) is 4. The van der Waals surface area contributed by atoms with Gasteiger partial charge in [-0.15, -0.1) is 0 Å². The molecule has 0 radical (unpaired) electrons. The lowest BCUT2D eigenvalue weighted by molar-refractivity contribution is 0.556. The number of rotatable bonds is 4. The number of isocyanates is 1. The van der Waals surface area contributed by atoms with Gasteiger partial charge in [-0.1, -0.05) is 24.3 Å². The van der Waals surface area contributed by atoms with Gasteiger partial charge in [0.15, 0.2) is 9.84 Å². The van der Waals surface area contributed by atoms with E-state index in [0.717, 1.165) is 24.0 Å². The van der Waals surface area contributed by atoms with Crippen LogP contribution in [0, 0.1) is 0 Å². The van der Waals surface area contributed by atoms with Crippen molar-refractivity contribution in [2.45, 2.75) is 37.0 Å². The molecule has 1 fully saturated rings. The van der Waals surface area contributed by atoms with Crippen molar-refractivity contribution in [2.75, 3.05) is 6.26 Å². The fraction of sp³-hybridized carbons (Fsp3) is 0.500. The van der Waals surface area contributed by atoms with Crippen molar-refractivity contribution in [3.8, 4) is 0 Å². The van der Waals surface area contributed by atoms with Gasteiger partial charge in [-0.2, -0.15) is 4.99 Å². The van der Waals surface area contributed by atoms with Crippen LogP contribution in [0.5, 0.6) is 0 Å². The largest absolute Gasteiger partial charge is 0.235 e. The Kier molecular flexibility index (Phi) is 3.15. The molecule has 0 aliphatic heterocycles. The maximum absolute atomic E-state index is 11.8. The molecule has 1 saturated carbocycles. The summed E-state index contributed by atoms with van der Waals surface area (Å²) in [5.41, 5.74) is 1.28. The molecule has 1 aromatic rings. The van der Waals surface area contributed by atoms with Gasteiger partial charge in [0.2, 0.25) is 6.08 Å². The number of nitrogens with zero attached hydrogens (tertiary/aromatic N) is 1. The molecule has 0 aromatic heterocycles. The predicted molar refractivity (Wildman–Crippen MR) is 73.3 cm³/mol. The Morgan fingerprint density at radius 1 is 1.21 bits per heavy atom. The first-order valence-electron chi connectivity index (χ1n) is 6.13. The Labute approximate surface area is 113 Å². The average molecular weight is 279 g/mol. The van der Waals surface area contributed by atoms with E-state index in [1.54, 1.807) is 32.1 Å². The molecule has 19 heavy (non-hydrogen) atoms. The van der Waals surface area contributed by atoms with Crippen LogP contribution in [0.1, 0.15) is 37.8 Å². The zero-order valence-corrected chi connectivity index (χ0v) is 12.1. The first-order chi connectivity index (χ1) is 8.73. The summed E-state index contributed by atoms with van der Waals surface area (Å²) >= 11 is 0. The third-order valence-electron chi connectivity index (χ3n) is 4.03. The summed E-state index contributed by atoms with van der Waals surface area (Å²) in [4.78, 5) is 14.3. The lowest BCUT2D eigenvalue weighted by Gasteiger charge is -2.23. The third-order valence-corrected chi connectivity index (χ3v) is 6.12. The maximum atomic E-state index is 11.8. The second-order valence-corrected chi connectivity index (χ2v) is 8.16. The minimum absolute atomic E-state index is 0.407. The number of carbonyl (C=O) groups excluding carboxylic acids is 1. The van der Waals surface area contributed by atoms with Gasteiger partial charge in [0, 0.05) is 6.26 Å². The molecule has 4 nitrogen and oxygen atoms in total. The van der Waals surface area contributed by atoms with Crippen molar-refractivity contribution < 1.29 is 13.2 Å². The van der Waals surface area contributed by atoms with E-state index < -0.39 is 20.1 Å². The van der Waals surface area contributed by atoms with Gasteiger partial charge >= 0.3 is 0 Å². The van der Waals surface area contributed by atoms with Crippen molar-refractivity contribution in [1.82, 2.24) is 0 Å². The molecular weight excluding hydrogens is 262 g/mol. The Morgan fingerprint density at radius 3 is 2.11 bits per heavy atom. The molecule has 2 rings (SSSR count). The van der Waals surface area contributed by atoms with Crippen LogP contribution >= 0.6 is 0 Å². The van der Waals surface area contributed by atoms with Crippen LogP contribution in [0.2, 0.25) is 0 Å². The topological polar surface area (TPSA) is 63.6 Å². The van der Waals surface area contributed by atoms with E-state index in [4.69, 9.17) is 0 Å². The average Bonchev–Trinajstić information content (AvgIpc) is 3.09. The highest BCUT2D eigenvalue weighted by Crippen LogP contribution is 2.49. The van der Waals surface area contributed by atoms with Crippen LogP contribution in [0.3, 0.4) is 0 Å². The van der Waals surface area contributed by atoms with Gasteiger partial charge in [-0.05, 0) is 37.8 Å². The summed E-state index contributed by atoms with van der Waals surface area (Å²) in [6.07, 6.45) is 4.54. The monoisotopic (exact) mass is 279 g/mol. The zero-order chi connectivity index (χ0) is 14.3. The predicted octanol–water partition coefficient (Wildman–Crippen LogP) is 2.29. The lowest BCUT2D eigenvalue weighted by Crippen LogP contribution is -2.28. The molecule has 0 heterocycles. The highest BCUT2D eigenvalue weighted by molar-refractivity contribution is 7.91. The molecule has 0 N–H and O–H groups in total. The van der Waals surface area contributed by atoms with Gasteiger partial charge in [0.05, 0.1) is 10.3 Å². The van der Waals surface area contributed by atoms with Crippen LogP contribution in [0.4, 0.5) is 0 Å². The van der Waals surface area contributed by atoms with Crippen molar-refractivity contribution in [3.05, 3.63) is 35.4 Å². The lowest BCUT2D eigenvalue weighted by atomic mass is 9.97. The van der Waals surface area contributed by atoms with Crippen LogP contribution in [-0.2, 0) is 24.9 Å². The molecular formula is C14H17NO3S. The molecule has 0 atom stereocenters. The minimum atomic E-state index is -3.18. The van der Waals surface area contributed by atoms with E-state index in [2.05, 4.69) is 4.99 Å². The molecule has 0 amide bonds. The van der Waals surface area contributed by atoms with E-state index >= 15 is 0 Å². The van der Waals surface area contributed by atoms with Crippen LogP contribution in [-0.4, -0.2) is 20.8 Å². The molecule has 0 spiro atoms. The molecule has 0 unspecified atom stereocenters. The van der Waals surface area contributed by atoms with Gasteiger partial charge < -0.3 is 0 Å². The van der Waals surface area contributed by atoms with Gasteiger partial charge in [0.25, 0.3) is 0 Å². The summed E-state index contributed by atoms with van der Waals surface area (Å²) in [6, 6.07) is 7.32. The van der Waals surface area contributed by atoms with Crippen molar-refractivity contribution in [3.63, 3.8) is 0 Å². The van der Waals surface area contributed by atoms with Crippen molar-refractivity contribution in [1.29, 1.82) is 0 Å². The van der Waals surface area contributed by atoms with E-state index in [1.165, 1.54) is 6.26 Å². The van der Waals surface area contributed by atoms with Crippen molar-refractivity contribution >= 4 is 15.9 Å². The first kappa shape index (κ1) is 14.0. The molecule has 1 aliphatic carbocycles. The fourth-order valence-corrected chi connectivity index (χ4v) is 2.63. The Balaban J connectivity index is 2.38. The van der Waals surface area contributed by atoms with Crippen LogP contribution < -0.4 is 0 Å². The highest BCUT2D eigenvalue weighted by Gasteiger charge is 2.45. The normalized spacial score (nSPS) is 17.6. The highest BCUT2D eigenvalue weighted by atomic mass is 32.2. The fourth-order valence-electron chi connectivity index (χ4n) is 2.07. The Bertz CT molecular complexity index is 634.